The summed E-state index contributed by atoms with van der Waals surface area (Å²) in [6.45, 7) is 0.856. The molecule has 0 saturated heterocycles. The average molecular weight is 424 g/mol. The van der Waals surface area contributed by atoms with Crippen LogP contribution in [0.1, 0.15) is 5.56 Å². The molecule has 9 heteroatoms. The third-order valence-corrected chi connectivity index (χ3v) is 4.95. The van der Waals surface area contributed by atoms with Crippen molar-refractivity contribution < 1.29 is 4.39 Å². The standard InChI is InChI=1S/C21H19ClFN7/c1-29(2)12-13-6-8-14(9-7-13)15-10-16(20(24)25-11-15)21-26-27-28-30(21)18-5-3-4-17(23)19(18)22/h3-11H,12H2,1-2H3,(H2,24,25). The Morgan fingerprint density at radius 3 is 2.60 bits per heavy atom. The molecule has 0 atom stereocenters. The zero-order valence-corrected chi connectivity index (χ0v) is 17.2. The summed E-state index contributed by atoms with van der Waals surface area (Å²) in [7, 11) is 4.05. The second kappa shape index (κ2) is 8.17. The van der Waals surface area contributed by atoms with Crippen LogP contribution in [0.15, 0.2) is 54.7 Å². The number of halogens is 2. The lowest BCUT2D eigenvalue weighted by Crippen LogP contribution is -2.10. The van der Waals surface area contributed by atoms with Crippen LogP contribution in [-0.4, -0.2) is 44.2 Å². The summed E-state index contributed by atoms with van der Waals surface area (Å²) in [6.07, 6.45) is 1.70. The van der Waals surface area contributed by atoms with Gasteiger partial charge in [-0.1, -0.05) is 41.9 Å². The molecule has 2 N–H and O–H groups in total. The number of hydrogen-bond donors (Lipinski definition) is 1. The fraction of sp³-hybridized carbons (Fsp3) is 0.143. The fourth-order valence-electron chi connectivity index (χ4n) is 3.15. The molecular formula is C21H19ClFN7. The molecule has 0 saturated carbocycles. The Hall–Kier alpha value is -3.36. The second-order valence-corrected chi connectivity index (χ2v) is 7.46. The number of nitrogens with zero attached hydrogens (tertiary/aromatic N) is 6. The molecule has 2 aromatic carbocycles. The van der Waals surface area contributed by atoms with Crippen molar-refractivity contribution in [3.05, 3.63) is 71.1 Å². The molecule has 2 heterocycles. The summed E-state index contributed by atoms with van der Waals surface area (Å²) in [5.41, 5.74) is 10.0. The minimum absolute atomic E-state index is 0.0785. The number of rotatable bonds is 5. The molecule has 152 valence electrons. The van der Waals surface area contributed by atoms with Crippen LogP contribution in [0.2, 0.25) is 5.02 Å². The number of nitrogen functional groups attached to an aromatic ring is 1. The SMILES string of the molecule is CN(C)Cc1ccc(-c2cnc(N)c(-c3nnnn3-c3cccc(F)c3Cl)c2)cc1. The van der Waals surface area contributed by atoms with Gasteiger partial charge in [-0.15, -0.1) is 5.10 Å². The van der Waals surface area contributed by atoms with Crippen molar-refractivity contribution in [2.45, 2.75) is 6.54 Å². The highest BCUT2D eigenvalue weighted by Crippen LogP contribution is 2.31. The molecule has 7 nitrogen and oxygen atoms in total. The lowest BCUT2D eigenvalue weighted by atomic mass is 10.0. The van der Waals surface area contributed by atoms with Gasteiger partial charge in [0.05, 0.1) is 11.3 Å². The number of nitrogens with two attached hydrogens (primary N) is 1. The van der Waals surface area contributed by atoms with Crippen LogP contribution in [0.5, 0.6) is 0 Å². The van der Waals surface area contributed by atoms with Gasteiger partial charge in [-0.25, -0.2) is 9.37 Å². The van der Waals surface area contributed by atoms with E-state index >= 15 is 0 Å². The van der Waals surface area contributed by atoms with Crippen LogP contribution in [0.4, 0.5) is 10.2 Å². The highest BCUT2D eigenvalue weighted by atomic mass is 35.5. The summed E-state index contributed by atoms with van der Waals surface area (Å²) in [6, 6.07) is 14.5. The second-order valence-electron chi connectivity index (χ2n) is 7.08. The summed E-state index contributed by atoms with van der Waals surface area (Å²) >= 11 is 6.12. The quantitative estimate of drug-likeness (QED) is 0.525. The van der Waals surface area contributed by atoms with Crippen LogP contribution < -0.4 is 5.73 Å². The van der Waals surface area contributed by atoms with Crippen LogP contribution >= 0.6 is 11.6 Å². The smallest absolute Gasteiger partial charge is 0.190 e. The van der Waals surface area contributed by atoms with Crippen molar-refractivity contribution in [1.82, 2.24) is 30.1 Å². The molecule has 0 fully saturated rings. The lowest BCUT2D eigenvalue weighted by molar-refractivity contribution is 0.402. The van der Waals surface area contributed by atoms with E-state index in [2.05, 4.69) is 37.5 Å². The maximum atomic E-state index is 13.9. The first-order chi connectivity index (χ1) is 14.4. The van der Waals surface area contributed by atoms with E-state index in [1.807, 2.05) is 32.3 Å². The molecule has 0 aliphatic rings. The van der Waals surface area contributed by atoms with E-state index in [9.17, 15) is 4.39 Å². The summed E-state index contributed by atoms with van der Waals surface area (Å²) < 4.78 is 15.3. The van der Waals surface area contributed by atoms with E-state index in [0.29, 0.717) is 17.1 Å². The Bertz CT molecular complexity index is 1190. The van der Waals surface area contributed by atoms with E-state index < -0.39 is 5.82 Å². The summed E-state index contributed by atoms with van der Waals surface area (Å²) in [5, 5.41) is 11.7. The number of aromatic nitrogens is 5. The number of tetrazole rings is 1. The van der Waals surface area contributed by atoms with Crippen LogP contribution in [-0.2, 0) is 6.54 Å². The minimum Gasteiger partial charge on any atom is -0.383 e. The van der Waals surface area contributed by atoms with E-state index in [1.165, 1.54) is 22.4 Å². The van der Waals surface area contributed by atoms with Crippen molar-refractivity contribution in [3.8, 4) is 28.2 Å². The van der Waals surface area contributed by atoms with Crippen LogP contribution in [0.3, 0.4) is 0 Å². The van der Waals surface area contributed by atoms with Crippen LogP contribution in [0, 0.1) is 5.82 Å². The van der Waals surface area contributed by atoms with Crippen LogP contribution in [0.25, 0.3) is 28.2 Å². The first kappa shape index (κ1) is 19.9. The molecule has 0 aliphatic carbocycles. The first-order valence-corrected chi connectivity index (χ1v) is 9.54. The highest BCUT2D eigenvalue weighted by Gasteiger charge is 2.18. The van der Waals surface area contributed by atoms with Gasteiger partial charge in [-0.2, -0.15) is 4.68 Å². The molecule has 0 amide bonds. The van der Waals surface area contributed by atoms with Gasteiger partial charge in [0.25, 0.3) is 0 Å². The Balaban J connectivity index is 1.76. The molecule has 30 heavy (non-hydrogen) atoms. The van der Waals surface area contributed by atoms with Crippen molar-refractivity contribution in [2.24, 2.45) is 0 Å². The zero-order chi connectivity index (χ0) is 21.3. The highest BCUT2D eigenvalue weighted by molar-refractivity contribution is 6.32. The molecule has 2 aromatic heterocycles. The minimum atomic E-state index is -0.562. The third-order valence-electron chi connectivity index (χ3n) is 4.57. The Kier molecular flexibility index (Phi) is 5.43. The van der Waals surface area contributed by atoms with Gasteiger partial charge >= 0.3 is 0 Å². The molecule has 4 aromatic rings. The van der Waals surface area contributed by atoms with Crippen molar-refractivity contribution in [1.29, 1.82) is 0 Å². The normalized spacial score (nSPS) is 11.2. The molecule has 0 unspecified atom stereocenters. The van der Waals surface area contributed by atoms with Gasteiger partial charge in [0.15, 0.2) is 5.82 Å². The molecule has 4 rings (SSSR count). The van der Waals surface area contributed by atoms with E-state index in [-0.39, 0.29) is 10.8 Å². The van der Waals surface area contributed by atoms with Gasteiger partial charge in [-0.05, 0) is 53.8 Å². The van der Waals surface area contributed by atoms with Gasteiger partial charge < -0.3 is 10.6 Å². The van der Waals surface area contributed by atoms with Crippen molar-refractivity contribution in [3.63, 3.8) is 0 Å². The maximum Gasteiger partial charge on any atom is 0.190 e. The number of hydrogen-bond acceptors (Lipinski definition) is 6. The predicted molar refractivity (Wildman–Crippen MR) is 115 cm³/mol. The number of benzene rings is 2. The van der Waals surface area contributed by atoms with Gasteiger partial charge in [-0.3, -0.25) is 0 Å². The number of anilines is 1. The lowest BCUT2D eigenvalue weighted by Gasteiger charge is -2.12. The Morgan fingerprint density at radius 2 is 1.87 bits per heavy atom. The third kappa shape index (κ3) is 3.87. The van der Waals surface area contributed by atoms with E-state index in [0.717, 1.165) is 17.7 Å². The molecular weight excluding hydrogens is 405 g/mol. The largest absolute Gasteiger partial charge is 0.383 e. The topological polar surface area (TPSA) is 85.8 Å². The van der Waals surface area contributed by atoms with Crippen molar-refractivity contribution in [2.75, 3.05) is 19.8 Å². The first-order valence-electron chi connectivity index (χ1n) is 9.16. The molecule has 0 aliphatic heterocycles. The van der Waals surface area contributed by atoms with E-state index in [1.54, 1.807) is 12.3 Å². The van der Waals surface area contributed by atoms with Gasteiger partial charge in [0, 0.05) is 18.3 Å². The fourth-order valence-corrected chi connectivity index (χ4v) is 3.36. The Morgan fingerprint density at radius 1 is 1.10 bits per heavy atom. The molecule has 0 bridgehead atoms. The number of pyridine rings is 1. The maximum absolute atomic E-state index is 13.9. The summed E-state index contributed by atoms with van der Waals surface area (Å²) in [5.74, 6) is 0.0124. The molecule has 0 radical (unpaired) electrons. The average Bonchev–Trinajstić information content (AvgIpc) is 3.20. The van der Waals surface area contributed by atoms with Crippen molar-refractivity contribution >= 4 is 17.4 Å². The predicted octanol–water partition coefficient (Wildman–Crippen LogP) is 3.83. The van der Waals surface area contributed by atoms with Gasteiger partial charge in [0.1, 0.15) is 16.7 Å². The van der Waals surface area contributed by atoms with E-state index in [4.69, 9.17) is 17.3 Å². The zero-order valence-electron chi connectivity index (χ0n) is 16.4. The Labute approximate surface area is 177 Å². The monoisotopic (exact) mass is 423 g/mol. The summed E-state index contributed by atoms with van der Waals surface area (Å²) in [4.78, 5) is 6.42. The van der Waals surface area contributed by atoms with Gasteiger partial charge in [0.2, 0.25) is 0 Å². The molecule has 0 spiro atoms.